The summed E-state index contributed by atoms with van der Waals surface area (Å²) in [5.74, 6) is 0. The van der Waals surface area contributed by atoms with E-state index >= 15 is 0 Å². The minimum absolute atomic E-state index is 0.477. The molecule has 3 aromatic carbocycles. The smallest absolute Gasteiger partial charge is 0.408 e. The minimum atomic E-state index is -0.530. The van der Waals surface area contributed by atoms with Gasteiger partial charge >= 0.3 is 6.09 Å². The lowest BCUT2D eigenvalue weighted by Crippen LogP contribution is -2.24. The van der Waals surface area contributed by atoms with Gasteiger partial charge in [-0.25, -0.2) is 4.79 Å². The second kappa shape index (κ2) is 8.36. The highest BCUT2D eigenvalue weighted by atomic mass is 35.5. The first-order chi connectivity index (χ1) is 12.2. The van der Waals surface area contributed by atoms with Crippen LogP contribution in [0.2, 0.25) is 5.02 Å². The Hall–Kier alpha value is -2.78. The van der Waals surface area contributed by atoms with Gasteiger partial charge in [-0.05, 0) is 28.8 Å². The monoisotopic (exact) mass is 350 g/mol. The van der Waals surface area contributed by atoms with Crippen LogP contribution < -0.4 is 5.32 Å². The van der Waals surface area contributed by atoms with E-state index < -0.39 is 12.2 Å². The Labute approximate surface area is 152 Å². The first kappa shape index (κ1) is 17.1. The summed E-state index contributed by atoms with van der Waals surface area (Å²) in [5.41, 5.74) is 2.61. The predicted octanol–water partition coefficient (Wildman–Crippen LogP) is 5.37. The molecule has 0 aliphatic heterocycles. The van der Waals surface area contributed by atoms with Crippen molar-refractivity contribution in [2.45, 2.75) is 6.10 Å². The van der Waals surface area contributed by atoms with Crippen molar-refractivity contribution in [2.24, 2.45) is 0 Å². The van der Waals surface area contributed by atoms with Gasteiger partial charge in [0.15, 0.2) is 6.10 Å². The molecular weight excluding hydrogens is 334 g/mol. The van der Waals surface area contributed by atoms with Gasteiger partial charge in [0.1, 0.15) is 0 Å². The zero-order valence-corrected chi connectivity index (χ0v) is 14.2. The van der Waals surface area contributed by atoms with E-state index in [2.05, 4.69) is 5.32 Å². The molecule has 1 amide bonds. The Morgan fingerprint density at radius 1 is 0.880 bits per heavy atom. The van der Waals surface area contributed by atoms with Crippen LogP contribution in [0.15, 0.2) is 84.9 Å². The van der Waals surface area contributed by atoms with E-state index in [1.807, 2.05) is 72.8 Å². The van der Waals surface area contributed by atoms with Gasteiger partial charge < -0.3 is 10.1 Å². The van der Waals surface area contributed by atoms with E-state index in [1.165, 1.54) is 0 Å². The lowest BCUT2D eigenvalue weighted by Gasteiger charge is -2.19. The fraction of sp³-hybridized carbons (Fsp3) is 0.0476. The number of hydrogen-bond donors (Lipinski definition) is 1. The summed E-state index contributed by atoms with van der Waals surface area (Å²) in [5, 5.41) is 3.26. The van der Waals surface area contributed by atoms with Crippen LogP contribution in [0, 0.1) is 6.54 Å². The van der Waals surface area contributed by atoms with Crippen molar-refractivity contribution in [1.29, 1.82) is 0 Å². The topological polar surface area (TPSA) is 38.3 Å². The predicted molar refractivity (Wildman–Crippen MR) is 99.2 cm³/mol. The number of rotatable bonds is 5. The molecule has 0 spiro atoms. The van der Waals surface area contributed by atoms with Crippen LogP contribution in [0.1, 0.15) is 22.8 Å². The van der Waals surface area contributed by atoms with Crippen molar-refractivity contribution in [2.75, 3.05) is 0 Å². The normalized spacial score (nSPS) is 10.5. The number of hydrogen-bond acceptors (Lipinski definition) is 2. The van der Waals surface area contributed by atoms with Gasteiger partial charge in [-0.1, -0.05) is 84.4 Å². The third-order valence-electron chi connectivity index (χ3n) is 3.63. The average Bonchev–Trinajstić information content (AvgIpc) is 2.66. The van der Waals surface area contributed by atoms with Gasteiger partial charge in [0.05, 0.1) is 6.54 Å². The molecule has 4 heteroatoms. The molecule has 0 unspecified atom stereocenters. The Bertz CT molecular complexity index is 782. The van der Waals surface area contributed by atoms with Crippen LogP contribution in [0.3, 0.4) is 0 Å². The van der Waals surface area contributed by atoms with Crippen LogP contribution in [0.5, 0.6) is 0 Å². The molecule has 3 nitrogen and oxygen atoms in total. The van der Waals surface area contributed by atoms with Crippen LogP contribution in [0.4, 0.5) is 4.79 Å². The number of alkyl carbamates (subject to hydrolysis) is 1. The highest BCUT2D eigenvalue weighted by Crippen LogP contribution is 2.25. The summed E-state index contributed by atoms with van der Waals surface area (Å²) in [6.45, 7) is 1.57. The number of amides is 1. The SMILES string of the molecule is O=C(N[CH]c1cccc(Cl)c1)OC(c1ccccc1)c1ccccc1. The zero-order chi connectivity index (χ0) is 17.5. The molecule has 0 bridgehead atoms. The standard InChI is InChI=1S/C21H17ClNO2/c22-19-13-7-8-16(14-19)15-23-21(24)25-20(17-9-3-1-4-10-17)18-11-5-2-6-12-18/h1-15,20H,(H,23,24). The van der Waals surface area contributed by atoms with Crippen molar-refractivity contribution in [1.82, 2.24) is 5.32 Å². The van der Waals surface area contributed by atoms with Crippen LogP contribution in [-0.4, -0.2) is 6.09 Å². The molecule has 0 atom stereocenters. The average molecular weight is 351 g/mol. The van der Waals surface area contributed by atoms with Crippen LogP contribution in [0.25, 0.3) is 0 Å². The Morgan fingerprint density at radius 2 is 1.48 bits per heavy atom. The molecular formula is C21H17ClNO2. The van der Waals surface area contributed by atoms with Crippen molar-refractivity contribution in [3.63, 3.8) is 0 Å². The summed E-state index contributed by atoms with van der Waals surface area (Å²) in [7, 11) is 0. The molecule has 0 fully saturated rings. The molecule has 125 valence electrons. The van der Waals surface area contributed by atoms with E-state index in [-0.39, 0.29) is 0 Å². The Balaban J connectivity index is 1.71. The molecule has 0 aliphatic rings. The van der Waals surface area contributed by atoms with Gasteiger partial charge in [-0.3, -0.25) is 0 Å². The third kappa shape index (κ3) is 4.85. The maximum Gasteiger partial charge on any atom is 0.408 e. The van der Waals surface area contributed by atoms with Gasteiger partial charge in [0.2, 0.25) is 0 Å². The van der Waals surface area contributed by atoms with E-state index in [1.54, 1.807) is 18.7 Å². The molecule has 3 rings (SSSR count). The van der Waals surface area contributed by atoms with Crippen molar-refractivity contribution < 1.29 is 9.53 Å². The van der Waals surface area contributed by atoms with Crippen molar-refractivity contribution >= 4 is 17.7 Å². The summed E-state index contributed by atoms with van der Waals surface area (Å²) >= 11 is 5.94. The fourth-order valence-corrected chi connectivity index (χ4v) is 2.66. The van der Waals surface area contributed by atoms with Crippen LogP contribution in [-0.2, 0) is 4.74 Å². The summed E-state index contributed by atoms with van der Waals surface area (Å²) < 4.78 is 5.66. The summed E-state index contributed by atoms with van der Waals surface area (Å²) in [4.78, 5) is 12.3. The molecule has 0 aromatic heterocycles. The first-order valence-electron chi connectivity index (χ1n) is 7.88. The zero-order valence-electron chi connectivity index (χ0n) is 13.4. The van der Waals surface area contributed by atoms with Crippen molar-refractivity contribution in [3.8, 4) is 0 Å². The van der Waals surface area contributed by atoms with E-state index in [4.69, 9.17) is 16.3 Å². The number of benzene rings is 3. The second-order valence-electron chi connectivity index (χ2n) is 5.45. The molecule has 0 heterocycles. The molecule has 3 aromatic rings. The van der Waals surface area contributed by atoms with Crippen LogP contribution >= 0.6 is 11.6 Å². The Kier molecular flexibility index (Phi) is 5.70. The van der Waals surface area contributed by atoms with E-state index in [0.29, 0.717) is 5.02 Å². The number of carbonyl (C=O) groups is 1. The molecule has 1 N–H and O–H groups in total. The Morgan fingerprint density at radius 3 is 2.04 bits per heavy atom. The number of halogens is 1. The summed E-state index contributed by atoms with van der Waals surface area (Å²) in [6.07, 6.45) is -1.01. The molecule has 25 heavy (non-hydrogen) atoms. The van der Waals surface area contributed by atoms with Gasteiger partial charge in [-0.15, -0.1) is 0 Å². The number of ether oxygens (including phenoxy) is 1. The van der Waals surface area contributed by atoms with Crippen molar-refractivity contribution in [3.05, 3.63) is 113 Å². The molecule has 0 saturated carbocycles. The van der Waals surface area contributed by atoms with Gasteiger partial charge in [0, 0.05) is 5.02 Å². The highest BCUT2D eigenvalue weighted by molar-refractivity contribution is 6.30. The van der Waals surface area contributed by atoms with E-state index in [0.717, 1.165) is 16.7 Å². The minimum Gasteiger partial charge on any atom is -0.436 e. The largest absolute Gasteiger partial charge is 0.436 e. The maximum absolute atomic E-state index is 12.3. The fourth-order valence-electron chi connectivity index (χ4n) is 2.46. The quantitative estimate of drug-likeness (QED) is 0.672. The molecule has 0 saturated heterocycles. The first-order valence-corrected chi connectivity index (χ1v) is 8.26. The highest BCUT2D eigenvalue weighted by Gasteiger charge is 2.18. The maximum atomic E-state index is 12.3. The second-order valence-corrected chi connectivity index (χ2v) is 5.89. The van der Waals surface area contributed by atoms with Gasteiger partial charge in [-0.2, -0.15) is 0 Å². The number of carbonyl (C=O) groups excluding carboxylic acids is 1. The third-order valence-corrected chi connectivity index (χ3v) is 3.87. The number of nitrogens with one attached hydrogen (secondary N) is 1. The van der Waals surface area contributed by atoms with E-state index in [9.17, 15) is 4.79 Å². The lowest BCUT2D eigenvalue weighted by molar-refractivity contribution is 0.119. The lowest BCUT2D eigenvalue weighted by atomic mass is 10.0. The summed E-state index contributed by atoms with van der Waals surface area (Å²) in [6, 6.07) is 26.5. The van der Waals surface area contributed by atoms with Gasteiger partial charge in [0.25, 0.3) is 0 Å². The molecule has 1 radical (unpaired) electrons. The molecule has 0 aliphatic carbocycles.